The number of piperidine rings is 1. The molecule has 1 aliphatic rings. The van der Waals surface area contributed by atoms with E-state index < -0.39 is 12.8 Å². The van der Waals surface area contributed by atoms with Gasteiger partial charge in [0.25, 0.3) is 0 Å². The van der Waals surface area contributed by atoms with Gasteiger partial charge in [-0.1, -0.05) is 11.6 Å². The molecular weight excluding hydrogens is 321 g/mol. The van der Waals surface area contributed by atoms with Crippen LogP contribution in [0.5, 0.6) is 0 Å². The second-order valence-electron chi connectivity index (χ2n) is 4.97. The van der Waals surface area contributed by atoms with Crippen LogP contribution in [0.3, 0.4) is 0 Å². The van der Waals surface area contributed by atoms with Crippen molar-refractivity contribution in [3.63, 3.8) is 0 Å². The summed E-state index contributed by atoms with van der Waals surface area (Å²) in [5, 5.41) is 9.07. The highest BCUT2D eigenvalue weighted by molar-refractivity contribution is 6.31. The minimum atomic E-state index is -4.37. The van der Waals surface area contributed by atoms with E-state index in [1.165, 1.54) is 6.20 Å². The van der Waals surface area contributed by atoms with E-state index in [1.807, 2.05) is 4.90 Å². The van der Waals surface area contributed by atoms with Crippen LogP contribution in [0.1, 0.15) is 18.5 Å². The molecule has 1 aromatic heterocycles. The van der Waals surface area contributed by atoms with E-state index in [4.69, 9.17) is 16.9 Å². The summed E-state index contributed by atoms with van der Waals surface area (Å²) in [6.45, 7) is -0.398. The van der Waals surface area contributed by atoms with Crippen LogP contribution in [0.15, 0.2) is 6.20 Å². The van der Waals surface area contributed by atoms with Crippen molar-refractivity contribution in [1.29, 1.82) is 5.26 Å². The maximum absolute atomic E-state index is 12.0. The van der Waals surface area contributed by atoms with Crippen molar-refractivity contribution in [1.82, 2.24) is 9.97 Å². The molecular formula is C13H14ClF3N4O. The van der Waals surface area contributed by atoms with Crippen molar-refractivity contribution in [3.05, 3.63) is 17.0 Å². The fourth-order valence-electron chi connectivity index (χ4n) is 2.16. The summed E-state index contributed by atoms with van der Waals surface area (Å²) in [7, 11) is 0. The highest BCUT2D eigenvalue weighted by Gasteiger charge is 2.27. The molecule has 1 aromatic rings. The molecule has 5 nitrogen and oxygen atoms in total. The van der Waals surface area contributed by atoms with Gasteiger partial charge in [0, 0.05) is 19.0 Å². The lowest BCUT2D eigenvalue weighted by Gasteiger charge is -2.30. The third-order valence-corrected chi connectivity index (χ3v) is 3.52. The molecule has 1 fully saturated rings. The summed E-state index contributed by atoms with van der Waals surface area (Å²) in [6, 6.07) is 2.22. The number of hydrogen-bond acceptors (Lipinski definition) is 5. The Morgan fingerprint density at radius 3 is 2.68 bits per heavy atom. The second kappa shape index (κ2) is 7.11. The molecule has 0 bridgehead atoms. The first-order valence-corrected chi connectivity index (χ1v) is 7.07. The van der Waals surface area contributed by atoms with E-state index in [-0.39, 0.29) is 23.4 Å². The maximum Gasteiger partial charge on any atom is 0.411 e. The van der Waals surface area contributed by atoms with Gasteiger partial charge >= 0.3 is 6.18 Å². The van der Waals surface area contributed by atoms with E-state index >= 15 is 0 Å². The number of halogens is 4. The standard InChI is InChI=1S/C13H14ClF3N4O/c14-11-12(21-3-1-9(5-18)2-4-21)20-10(6-19-11)7-22-8-13(15,16)17/h6,9H,1-4,7-8H2. The molecule has 1 saturated heterocycles. The number of nitriles is 1. The lowest BCUT2D eigenvalue weighted by molar-refractivity contribution is -0.176. The van der Waals surface area contributed by atoms with E-state index in [1.54, 1.807) is 0 Å². The van der Waals surface area contributed by atoms with Gasteiger partial charge in [0.1, 0.15) is 6.61 Å². The van der Waals surface area contributed by atoms with E-state index in [2.05, 4.69) is 20.8 Å². The van der Waals surface area contributed by atoms with Gasteiger partial charge in [-0.3, -0.25) is 0 Å². The predicted octanol–water partition coefficient (Wildman–Crippen LogP) is 2.95. The molecule has 0 saturated carbocycles. The largest absolute Gasteiger partial charge is 0.411 e. The fraction of sp³-hybridized carbons (Fsp3) is 0.615. The smallest absolute Gasteiger partial charge is 0.366 e. The van der Waals surface area contributed by atoms with Crippen LogP contribution in [-0.4, -0.2) is 35.8 Å². The maximum atomic E-state index is 12.0. The number of aromatic nitrogens is 2. The molecule has 0 aromatic carbocycles. The van der Waals surface area contributed by atoms with Crippen LogP contribution in [0.25, 0.3) is 0 Å². The zero-order chi connectivity index (χ0) is 16.2. The fourth-order valence-corrected chi connectivity index (χ4v) is 2.37. The average Bonchev–Trinajstić information content (AvgIpc) is 2.48. The molecule has 2 rings (SSSR count). The second-order valence-corrected chi connectivity index (χ2v) is 5.33. The molecule has 0 atom stereocenters. The Bertz CT molecular complexity index is 553. The summed E-state index contributed by atoms with van der Waals surface area (Å²) in [4.78, 5) is 10.1. The highest BCUT2D eigenvalue weighted by atomic mass is 35.5. The summed E-state index contributed by atoms with van der Waals surface area (Å²) in [6.07, 6.45) is -1.68. The molecule has 2 heterocycles. The van der Waals surface area contributed by atoms with Gasteiger partial charge in [-0.05, 0) is 12.8 Å². The van der Waals surface area contributed by atoms with Crippen molar-refractivity contribution in [2.24, 2.45) is 5.92 Å². The zero-order valence-corrected chi connectivity index (χ0v) is 12.4. The molecule has 22 heavy (non-hydrogen) atoms. The quantitative estimate of drug-likeness (QED) is 0.847. The molecule has 120 valence electrons. The number of nitrogens with zero attached hydrogens (tertiary/aromatic N) is 4. The highest BCUT2D eigenvalue weighted by Crippen LogP contribution is 2.26. The van der Waals surface area contributed by atoms with Crippen LogP contribution < -0.4 is 4.90 Å². The summed E-state index contributed by atoms with van der Waals surface area (Å²) >= 11 is 6.01. The molecule has 0 aliphatic carbocycles. The van der Waals surface area contributed by atoms with E-state index in [0.717, 1.165) is 0 Å². The molecule has 9 heteroatoms. The monoisotopic (exact) mass is 334 g/mol. The van der Waals surface area contributed by atoms with E-state index in [9.17, 15) is 13.2 Å². The lowest BCUT2D eigenvalue weighted by Crippen LogP contribution is -2.34. The number of anilines is 1. The Morgan fingerprint density at radius 1 is 1.41 bits per heavy atom. The van der Waals surface area contributed by atoms with Gasteiger partial charge in [0.2, 0.25) is 0 Å². The normalized spacial score (nSPS) is 16.6. The first kappa shape index (κ1) is 16.8. The average molecular weight is 335 g/mol. The van der Waals surface area contributed by atoms with Gasteiger partial charge in [-0.25, -0.2) is 9.97 Å². The Hall–Kier alpha value is -1.59. The lowest BCUT2D eigenvalue weighted by atomic mass is 9.99. The molecule has 0 unspecified atom stereocenters. The number of ether oxygens (including phenoxy) is 1. The topological polar surface area (TPSA) is 62.0 Å². The summed E-state index contributed by atoms with van der Waals surface area (Å²) in [5.41, 5.74) is 0.283. The molecule has 0 spiro atoms. The third-order valence-electron chi connectivity index (χ3n) is 3.25. The van der Waals surface area contributed by atoms with Crippen molar-refractivity contribution >= 4 is 17.4 Å². The van der Waals surface area contributed by atoms with Gasteiger partial charge in [-0.15, -0.1) is 0 Å². The van der Waals surface area contributed by atoms with Crippen LogP contribution in [-0.2, 0) is 11.3 Å². The van der Waals surface area contributed by atoms with Gasteiger partial charge in [0.05, 0.1) is 24.6 Å². The molecule has 0 N–H and O–H groups in total. The van der Waals surface area contributed by atoms with Crippen LogP contribution in [0, 0.1) is 17.2 Å². The van der Waals surface area contributed by atoms with Crippen molar-refractivity contribution in [2.75, 3.05) is 24.6 Å². The summed E-state index contributed by atoms with van der Waals surface area (Å²) in [5.74, 6) is 0.437. The Labute approximate surface area is 130 Å². The first-order valence-electron chi connectivity index (χ1n) is 6.69. The first-order chi connectivity index (χ1) is 10.4. The Morgan fingerprint density at radius 2 is 2.09 bits per heavy atom. The Kier molecular flexibility index (Phi) is 5.42. The Balaban J connectivity index is 2.00. The summed E-state index contributed by atoms with van der Waals surface area (Å²) < 4.78 is 40.7. The van der Waals surface area contributed by atoms with Crippen LogP contribution >= 0.6 is 11.6 Å². The van der Waals surface area contributed by atoms with Crippen LogP contribution in [0.4, 0.5) is 19.0 Å². The van der Waals surface area contributed by atoms with Gasteiger partial charge in [0.15, 0.2) is 11.0 Å². The zero-order valence-electron chi connectivity index (χ0n) is 11.6. The molecule has 1 aliphatic heterocycles. The van der Waals surface area contributed by atoms with Crippen molar-refractivity contribution < 1.29 is 17.9 Å². The minimum absolute atomic E-state index is 0.0151. The predicted molar refractivity (Wildman–Crippen MR) is 73.3 cm³/mol. The number of hydrogen-bond donors (Lipinski definition) is 0. The molecule has 0 radical (unpaired) electrons. The minimum Gasteiger partial charge on any atom is -0.366 e. The van der Waals surface area contributed by atoms with Gasteiger partial charge in [-0.2, -0.15) is 18.4 Å². The van der Waals surface area contributed by atoms with Crippen molar-refractivity contribution in [3.8, 4) is 6.07 Å². The SMILES string of the molecule is N#CC1CCN(c2nc(COCC(F)(F)F)cnc2Cl)CC1. The third kappa shape index (κ3) is 4.71. The number of rotatable bonds is 4. The van der Waals surface area contributed by atoms with Crippen LogP contribution in [0.2, 0.25) is 5.15 Å². The van der Waals surface area contributed by atoms with E-state index in [0.29, 0.717) is 31.7 Å². The number of alkyl halides is 3. The molecule has 0 amide bonds. The van der Waals surface area contributed by atoms with Crippen molar-refractivity contribution in [2.45, 2.75) is 25.6 Å². The van der Waals surface area contributed by atoms with Gasteiger partial charge < -0.3 is 9.64 Å².